The van der Waals surface area contributed by atoms with Gasteiger partial charge in [-0.2, -0.15) is 0 Å². The van der Waals surface area contributed by atoms with Gasteiger partial charge >= 0.3 is 0 Å². The number of hydrogen-bond donors (Lipinski definition) is 0. The molecule has 2 atom stereocenters. The summed E-state index contributed by atoms with van der Waals surface area (Å²) >= 11 is 0. The molecule has 1 aliphatic rings. The van der Waals surface area contributed by atoms with Crippen LogP contribution in [0.4, 0.5) is 0 Å². The Balaban J connectivity index is 0.00000208. The molecule has 0 saturated heterocycles. The van der Waals surface area contributed by atoms with Crippen LogP contribution in [0.3, 0.4) is 0 Å². The van der Waals surface area contributed by atoms with E-state index in [-0.39, 0.29) is 12.4 Å². The number of nitrogens with zero attached hydrogens (tertiary/aromatic N) is 1. The Morgan fingerprint density at radius 2 is 1.71 bits per heavy atom. The molecule has 1 saturated carbocycles. The molecule has 4 heteroatoms. The molecule has 2 aromatic rings. The lowest BCUT2D eigenvalue weighted by molar-refractivity contribution is 0.259. The molecule has 1 aliphatic carbocycles. The van der Waals surface area contributed by atoms with Crippen molar-refractivity contribution in [1.82, 2.24) is 4.90 Å². The Labute approximate surface area is 151 Å². The second kappa shape index (κ2) is 8.41. The van der Waals surface area contributed by atoms with Crippen LogP contribution in [0.25, 0.3) is 0 Å². The van der Waals surface area contributed by atoms with E-state index >= 15 is 0 Å². The SMILES string of the molecule is COc1ccc(C2CC2c2ccccc2OCCN(C)C)cc1.Cl. The van der Waals surface area contributed by atoms with Gasteiger partial charge in [0.25, 0.3) is 0 Å². The average Bonchev–Trinajstić information content (AvgIpc) is 3.35. The molecule has 0 spiro atoms. The zero-order chi connectivity index (χ0) is 16.2. The molecule has 0 amide bonds. The van der Waals surface area contributed by atoms with Gasteiger partial charge in [-0.05, 0) is 61.7 Å². The fourth-order valence-electron chi connectivity index (χ4n) is 3.01. The fraction of sp³-hybridized carbons (Fsp3) is 0.400. The molecule has 3 rings (SSSR count). The summed E-state index contributed by atoms with van der Waals surface area (Å²) in [5, 5.41) is 0. The van der Waals surface area contributed by atoms with E-state index in [9.17, 15) is 0 Å². The predicted octanol–water partition coefficient (Wildman–Crippen LogP) is 4.33. The van der Waals surface area contributed by atoms with Gasteiger partial charge in [0.1, 0.15) is 18.1 Å². The minimum atomic E-state index is 0. The Morgan fingerprint density at radius 3 is 2.38 bits per heavy atom. The quantitative estimate of drug-likeness (QED) is 0.744. The minimum absolute atomic E-state index is 0. The molecular weight excluding hydrogens is 322 g/mol. The summed E-state index contributed by atoms with van der Waals surface area (Å²) in [6.07, 6.45) is 1.19. The lowest BCUT2D eigenvalue weighted by atomic mass is 10.0. The van der Waals surface area contributed by atoms with Crippen LogP contribution in [0.1, 0.15) is 29.4 Å². The lowest BCUT2D eigenvalue weighted by Crippen LogP contribution is -2.19. The van der Waals surface area contributed by atoms with Crippen LogP contribution in [0.5, 0.6) is 11.5 Å². The molecule has 2 aromatic carbocycles. The van der Waals surface area contributed by atoms with Gasteiger partial charge in [0.05, 0.1) is 7.11 Å². The van der Waals surface area contributed by atoms with E-state index in [4.69, 9.17) is 9.47 Å². The fourth-order valence-corrected chi connectivity index (χ4v) is 3.01. The van der Waals surface area contributed by atoms with Crippen molar-refractivity contribution in [3.8, 4) is 11.5 Å². The molecule has 0 heterocycles. The monoisotopic (exact) mass is 347 g/mol. The first-order valence-electron chi connectivity index (χ1n) is 8.19. The Hall–Kier alpha value is -1.71. The van der Waals surface area contributed by atoms with Gasteiger partial charge in [0.15, 0.2) is 0 Å². The maximum Gasteiger partial charge on any atom is 0.122 e. The molecule has 0 N–H and O–H groups in total. The third kappa shape index (κ3) is 4.43. The van der Waals surface area contributed by atoms with Crippen LogP contribution in [0.15, 0.2) is 48.5 Å². The van der Waals surface area contributed by atoms with Crippen molar-refractivity contribution in [3.63, 3.8) is 0 Å². The zero-order valence-corrected chi connectivity index (χ0v) is 15.4. The average molecular weight is 348 g/mol. The molecule has 1 fully saturated rings. The largest absolute Gasteiger partial charge is 0.497 e. The molecule has 0 bridgehead atoms. The number of halogens is 1. The van der Waals surface area contributed by atoms with E-state index in [0.717, 1.165) is 24.7 Å². The summed E-state index contributed by atoms with van der Waals surface area (Å²) in [6, 6.07) is 16.9. The van der Waals surface area contributed by atoms with Gasteiger partial charge in [0, 0.05) is 6.54 Å². The summed E-state index contributed by atoms with van der Waals surface area (Å²) in [5.41, 5.74) is 2.73. The van der Waals surface area contributed by atoms with Crippen LogP contribution in [-0.4, -0.2) is 39.3 Å². The standard InChI is InChI=1S/C20H25NO2.ClH/c1-21(2)12-13-23-20-7-5-4-6-17(20)19-14-18(19)15-8-10-16(22-3)11-9-15;/h4-11,18-19H,12-14H2,1-3H3;1H. The van der Waals surface area contributed by atoms with Crippen molar-refractivity contribution >= 4 is 12.4 Å². The van der Waals surface area contributed by atoms with Crippen molar-refractivity contribution in [3.05, 3.63) is 59.7 Å². The maximum absolute atomic E-state index is 6.01. The summed E-state index contributed by atoms with van der Waals surface area (Å²) in [4.78, 5) is 2.14. The van der Waals surface area contributed by atoms with E-state index in [0.29, 0.717) is 11.8 Å². The first-order chi connectivity index (χ1) is 11.2. The summed E-state index contributed by atoms with van der Waals surface area (Å²) in [7, 11) is 5.84. The third-order valence-corrected chi connectivity index (χ3v) is 4.45. The first-order valence-corrected chi connectivity index (χ1v) is 8.19. The minimum Gasteiger partial charge on any atom is -0.497 e. The molecule has 0 radical (unpaired) electrons. The predicted molar refractivity (Wildman–Crippen MR) is 101 cm³/mol. The van der Waals surface area contributed by atoms with Crippen LogP contribution in [0, 0.1) is 0 Å². The van der Waals surface area contributed by atoms with Crippen molar-refractivity contribution in [2.24, 2.45) is 0 Å². The van der Waals surface area contributed by atoms with Crippen molar-refractivity contribution < 1.29 is 9.47 Å². The third-order valence-electron chi connectivity index (χ3n) is 4.45. The van der Waals surface area contributed by atoms with E-state index in [1.807, 2.05) is 12.1 Å². The Bertz CT molecular complexity index is 642. The van der Waals surface area contributed by atoms with Gasteiger partial charge in [0.2, 0.25) is 0 Å². The van der Waals surface area contributed by atoms with Gasteiger partial charge < -0.3 is 14.4 Å². The maximum atomic E-state index is 6.01. The van der Waals surface area contributed by atoms with Gasteiger partial charge in [-0.3, -0.25) is 0 Å². The zero-order valence-electron chi connectivity index (χ0n) is 14.6. The number of benzene rings is 2. The van der Waals surface area contributed by atoms with E-state index in [1.165, 1.54) is 17.5 Å². The summed E-state index contributed by atoms with van der Waals surface area (Å²) < 4.78 is 11.2. The highest BCUT2D eigenvalue weighted by atomic mass is 35.5. The van der Waals surface area contributed by atoms with Crippen LogP contribution in [0.2, 0.25) is 0 Å². The Kier molecular flexibility index (Phi) is 6.52. The van der Waals surface area contributed by atoms with Crippen molar-refractivity contribution in [2.75, 3.05) is 34.4 Å². The number of para-hydroxylation sites is 1. The topological polar surface area (TPSA) is 21.7 Å². The second-order valence-electron chi connectivity index (χ2n) is 6.41. The summed E-state index contributed by atoms with van der Waals surface area (Å²) in [6.45, 7) is 1.66. The van der Waals surface area contributed by atoms with Gasteiger partial charge in [-0.1, -0.05) is 30.3 Å². The lowest BCUT2D eigenvalue weighted by Gasteiger charge is -2.14. The van der Waals surface area contributed by atoms with Gasteiger partial charge in [-0.25, -0.2) is 0 Å². The van der Waals surface area contributed by atoms with Crippen molar-refractivity contribution in [1.29, 1.82) is 0 Å². The second-order valence-corrected chi connectivity index (χ2v) is 6.41. The number of methoxy groups -OCH3 is 1. The van der Waals surface area contributed by atoms with E-state index < -0.39 is 0 Å². The van der Waals surface area contributed by atoms with E-state index in [2.05, 4.69) is 55.4 Å². The molecule has 0 aromatic heterocycles. The van der Waals surface area contributed by atoms with Crippen LogP contribution in [-0.2, 0) is 0 Å². The van der Waals surface area contributed by atoms with Crippen molar-refractivity contribution in [2.45, 2.75) is 18.3 Å². The van der Waals surface area contributed by atoms with E-state index in [1.54, 1.807) is 7.11 Å². The molecule has 0 aliphatic heterocycles. The molecule has 24 heavy (non-hydrogen) atoms. The molecule has 130 valence electrons. The highest BCUT2D eigenvalue weighted by Crippen LogP contribution is 2.56. The highest BCUT2D eigenvalue weighted by molar-refractivity contribution is 5.85. The number of rotatable bonds is 7. The normalized spacial score (nSPS) is 18.8. The van der Waals surface area contributed by atoms with Crippen LogP contribution >= 0.6 is 12.4 Å². The number of hydrogen-bond acceptors (Lipinski definition) is 3. The highest BCUT2D eigenvalue weighted by Gasteiger charge is 2.40. The summed E-state index contributed by atoms with van der Waals surface area (Å²) in [5.74, 6) is 3.12. The Morgan fingerprint density at radius 1 is 1.00 bits per heavy atom. The molecule has 2 unspecified atom stereocenters. The smallest absolute Gasteiger partial charge is 0.122 e. The number of ether oxygens (including phenoxy) is 2. The first kappa shape index (κ1) is 18.6. The van der Waals surface area contributed by atoms with Crippen LogP contribution < -0.4 is 9.47 Å². The number of likely N-dealkylation sites (N-methyl/N-ethyl adjacent to an activating group) is 1. The van der Waals surface area contributed by atoms with Gasteiger partial charge in [-0.15, -0.1) is 12.4 Å². The molecular formula is C20H26ClNO2. The molecule has 3 nitrogen and oxygen atoms in total.